The number of halogens is 1. The maximum atomic E-state index is 5.85. The Morgan fingerprint density at radius 3 is 2.50 bits per heavy atom. The van der Waals surface area contributed by atoms with E-state index in [2.05, 4.69) is 26.0 Å². The Hall–Kier alpha value is -0.490. The molecule has 0 bridgehead atoms. The Kier molecular flexibility index (Phi) is 2.57. The molecule has 0 saturated heterocycles. The van der Waals surface area contributed by atoms with E-state index in [1.807, 2.05) is 12.1 Å². The van der Waals surface area contributed by atoms with Crippen molar-refractivity contribution in [2.75, 3.05) is 0 Å². The van der Waals surface area contributed by atoms with Crippen LogP contribution in [-0.4, -0.2) is 0 Å². The third-order valence-corrected chi connectivity index (χ3v) is 3.80. The zero-order chi connectivity index (χ0) is 10.2. The topological polar surface area (TPSA) is 0 Å². The van der Waals surface area contributed by atoms with Gasteiger partial charge in [-0.05, 0) is 41.9 Å². The summed E-state index contributed by atoms with van der Waals surface area (Å²) in [5.74, 6) is 0.943. The fraction of sp³-hybridized carbons (Fsp3) is 0.538. The molecule has 0 amide bonds. The molecule has 0 spiro atoms. The van der Waals surface area contributed by atoms with E-state index in [1.165, 1.54) is 24.8 Å². The molecular formula is C13H17Cl. The van der Waals surface area contributed by atoms with Crippen molar-refractivity contribution in [3.05, 3.63) is 34.9 Å². The number of rotatable bonds is 3. The van der Waals surface area contributed by atoms with Crippen LogP contribution in [0.15, 0.2) is 24.3 Å². The second-order valence-electron chi connectivity index (χ2n) is 4.77. The molecule has 0 radical (unpaired) electrons. The molecular weight excluding hydrogens is 192 g/mol. The van der Waals surface area contributed by atoms with Gasteiger partial charge >= 0.3 is 0 Å². The van der Waals surface area contributed by atoms with E-state index in [0.717, 1.165) is 10.9 Å². The third kappa shape index (κ3) is 1.95. The summed E-state index contributed by atoms with van der Waals surface area (Å²) in [4.78, 5) is 0. The smallest absolute Gasteiger partial charge is 0.0406 e. The maximum Gasteiger partial charge on any atom is 0.0406 e. The van der Waals surface area contributed by atoms with Gasteiger partial charge in [0.2, 0.25) is 0 Å². The van der Waals surface area contributed by atoms with Crippen molar-refractivity contribution in [3.63, 3.8) is 0 Å². The fourth-order valence-electron chi connectivity index (χ4n) is 2.43. The zero-order valence-corrected chi connectivity index (χ0v) is 9.64. The average molecular weight is 209 g/mol. The van der Waals surface area contributed by atoms with Crippen molar-refractivity contribution in [1.29, 1.82) is 0 Å². The molecule has 1 aromatic carbocycles. The summed E-state index contributed by atoms with van der Waals surface area (Å²) in [6.07, 6.45) is 3.93. The third-order valence-electron chi connectivity index (χ3n) is 3.55. The van der Waals surface area contributed by atoms with Crippen molar-refractivity contribution < 1.29 is 0 Å². The largest absolute Gasteiger partial charge is 0.0843 e. The molecule has 0 aliphatic heterocycles. The van der Waals surface area contributed by atoms with E-state index >= 15 is 0 Å². The minimum Gasteiger partial charge on any atom is -0.0843 e. The lowest BCUT2D eigenvalue weighted by molar-refractivity contribution is 0.492. The quantitative estimate of drug-likeness (QED) is 0.694. The summed E-state index contributed by atoms with van der Waals surface area (Å²) in [5, 5.41) is 0.835. The van der Waals surface area contributed by atoms with Crippen LogP contribution in [0.5, 0.6) is 0 Å². The molecule has 0 aromatic heterocycles. The summed E-state index contributed by atoms with van der Waals surface area (Å²) in [6, 6.07) is 8.28. The highest BCUT2D eigenvalue weighted by molar-refractivity contribution is 6.30. The summed E-state index contributed by atoms with van der Waals surface area (Å²) in [7, 11) is 0. The van der Waals surface area contributed by atoms with Crippen LogP contribution in [-0.2, 0) is 6.42 Å². The van der Waals surface area contributed by atoms with Gasteiger partial charge in [-0.3, -0.25) is 0 Å². The van der Waals surface area contributed by atoms with E-state index in [0.29, 0.717) is 5.41 Å². The maximum absolute atomic E-state index is 5.85. The van der Waals surface area contributed by atoms with Crippen LogP contribution in [0.2, 0.25) is 5.02 Å². The fourth-order valence-corrected chi connectivity index (χ4v) is 2.55. The lowest BCUT2D eigenvalue weighted by atomic mass is 9.95. The molecule has 2 unspecified atom stereocenters. The molecule has 1 aliphatic rings. The minimum absolute atomic E-state index is 0.572. The van der Waals surface area contributed by atoms with E-state index in [-0.39, 0.29) is 0 Å². The SMILES string of the molecule is CCC1CC1(C)Cc1ccc(Cl)cc1. The van der Waals surface area contributed by atoms with Gasteiger partial charge in [0.25, 0.3) is 0 Å². The highest BCUT2D eigenvalue weighted by atomic mass is 35.5. The molecule has 0 N–H and O–H groups in total. The number of hydrogen-bond acceptors (Lipinski definition) is 0. The second kappa shape index (κ2) is 3.58. The van der Waals surface area contributed by atoms with Gasteiger partial charge in [0.15, 0.2) is 0 Å². The highest BCUT2D eigenvalue weighted by Gasteiger charge is 2.47. The highest BCUT2D eigenvalue weighted by Crippen LogP contribution is 2.56. The van der Waals surface area contributed by atoms with Gasteiger partial charge < -0.3 is 0 Å². The minimum atomic E-state index is 0.572. The molecule has 1 aliphatic carbocycles. The van der Waals surface area contributed by atoms with Crippen molar-refractivity contribution in [2.24, 2.45) is 11.3 Å². The van der Waals surface area contributed by atoms with Crippen molar-refractivity contribution in [3.8, 4) is 0 Å². The van der Waals surface area contributed by atoms with Crippen molar-refractivity contribution in [2.45, 2.75) is 33.1 Å². The molecule has 14 heavy (non-hydrogen) atoms. The number of hydrogen-bond donors (Lipinski definition) is 0. The van der Waals surface area contributed by atoms with Crippen LogP contribution in [0.4, 0.5) is 0 Å². The molecule has 2 rings (SSSR count). The summed E-state index contributed by atoms with van der Waals surface area (Å²) in [6.45, 7) is 4.69. The Bertz CT molecular complexity index is 315. The van der Waals surface area contributed by atoms with Crippen LogP contribution in [0.25, 0.3) is 0 Å². The zero-order valence-electron chi connectivity index (χ0n) is 8.89. The predicted molar refractivity (Wildman–Crippen MR) is 61.7 cm³/mol. The second-order valence-corrected chi connectivity index (χ2v) is 5.20. The molecule has 0 nitrogen and oxygen atoms in total. The van der Waals surface area contributed by atoms with Crippen LogP contribution >= 0.6 is 11.6 Å². The first-order valence-electron chi connectivity index (χ1n) is 5.38. The molecule has 0 heterocycles. The molecule has 1 aromatic rings. The first-order valence-corrected chi connectivity index (χ1v) is 5.76. The predicted octanol–water partition coefficient (Wildman–Crippen LogP) is 4.32. The van der Waals surface area contributed by atoms with Crippen molar-refractivity contribution >= 4 is 11.6 Å². The van der Waals surface area contributed by atoms with Gasteiger partial charge in [0.05, 0.1) is 0 Å². The summed E-state index contributed by atoms with van der Waals surface area (Å²) in [5.41, 5.74) is 2.00. The van der Waals surface area contributed by atoms with E-state index in [4.69, 9.17) is 11.6 Å². The lowest BCUT2D eigenvalue weighted by Crippen LogP contribution is -2.02. The molecule has 1 heteroatoms. The Labute approximate surface area is 91.3 Å². The van der Waals surface area contributed by atoms with Crippen LogP contribution in [0.1, 0.15) is 32.3 Å². The molecule has 76 valence electrons. The van der Waals surface area contributed by atoms with E-state index in [1.54, 1.807) is 0 Å². The average Bonchev–Trinajstić information content (AvgIpc) is 2.81. The summed E-state index contributed by atoms with van der Waals surface area (Å²) >= 11 is 5.85. The van der Waals surface area contributed by atoms with Gasteiger partial charge in [-0.15, -0.1) is 0 Å². The van der Waals surface area contributed by atoms with Gasteiger partial charge in [0.1, 0.15) is 0 Å². The molecule has 1 fully saturated rings. The van der Waals surface area contributed by atoms with Gasteiger partial charge in [-0.1, -0.05) is 44.0 Å². The Balaban J connectivity index is 2.02. The standard InChI is InChI=1S/C13H17Cl/c1-3-11-9-13(11,2)8-10-4-6-12(14)7-5-10/h4-7,11H,3,8-9H2,1-2H3. The normalized spacial score (nSPS) is 30.4. The Morgan fingerprint density at radius 1 is 1.36 bits per heavy atom. The first-order chi connectivity index (χ1) is 6.64. The van der Waals surface area contributed by atoms with Gasteiger partial charge in [0, 0.05) is 5.02 Å². The van der Waals surface area contributed by atoms with Crippen molar-refractivity contribution in [1.82, 2.24) is 0 Å². The lowest BCUT2D eigenvalue weighted by Gasteiger charge is -2.10. The van der Waals surface area contributed by atoms with Crippen LogP contribution in [0, 0.1) is 11.3 Å². The Morgan fingerprint density at radius 2 is 2.00 bits per heavy atom. The summed E-state index contributed by atoms with van der Waals surface area (Å²) < 4.78 is 0. The monoisotopic (exact) mass is 208 g/mol. The number of benzene rings is 1. The van der Waals surface area contributed by atoms with E-state index < -0.39 is 0 Å². The van der Waals surface area contributed by atoms with Gasteiger partial charge in [-0.2, -0.15) is 0 Å². The van der Waals surface area contributed by atoms with Gasteiger partial charge in [-0.25, -0.2) is 0 Å². The van der Waals surface area contributed by atoms with E-state index in [9.17, 15) is 0 Å². The first kappa shape index (κ1) is 10.0. The van der Waals surface area contributed by atoms with Crippen LogP contribution < -0.4 is 0 Å². The molecule has 1 saturated carbocycles. The molecule has 2 atom stereocenters. The van der Waals surface area contributed by atoms with Crippen LogP contribution in [0.3, 0.4) is 0 Å².